The van der Waals surface area contributed by atoms with Crippen molar-refractivity contribution in [2.75, 3.05) is 24.2 Å². The lowest BCUT2D eigenvalue weighted by Crippen LogP contribution is -2.37. The molecule has 1 heterocycles. The van der Waals surface area contributed by atoms with Crippen LogP contribution < -0.4 is 16.0 Å². The molecule has 27 heavy (non-hydrogen) atoms. The third kappa shape index (κ3) is 9.48. The Balaban J connectivity index is 0.00000364. The zero-order valence-electron chi connectivity index (χ0n) is 16.1. The van der Waals surface area contributed by atoms with Crippen molar-refractivity contribution in [3.63, 3.8) is 0 Å². The fourth-order valence-electron chi connectivity index (χ4n) is 2.94. The molecule has 0 aromatic carbocycles. The number of nitrogens with zero attached hydrogens (tertiary/aromatic N) is 1. The molecule has 7 nitrogen and oxygen atoms in total. The monoisotopic (exact) mass is 418 g/mol. The molecule has 1 aromatic heterocycles. The molecule has 1 unspecified atom stereocenters. The Labute approximate surface area is 171 Å². The highest BCUT2D eigenvalue weighted by Crippen LogP contribution is 2.17. The van der Waals surface area contributed by atoms with Crippen LogP contribution in [0.3, 0.4) is 0 Å². The fraction of sp³-hybridized carbons (Fsp3) is 0.722. The Morgan fingerprint density at radius 2 is 1.96 bits per heavy atom. The fourth-order valence-corrected chi connectivity index (χ4v) is 3.66. The largest absolute Gasteiger partial charge is 0.360 e. The van der Waals surface area contributed by atoms with E-state index in [0.717, 1.165) is 6.54 Å². The van der Waals surface area contributed by atoms with Gasteiger partial charge in [0, 0.05) is 25.2 Å². The Morgan fingerprint density at radius 3 is 2.59 bits per heavy atom. The molecule has 2 rings (SSSR count). The molecule has 3 N–H and O–H groups in total. The highest BCUT2D eigenvalue weighted by Gasteiger charge is 2.17. The minimum atomic E-state index is -0.345. The van der Waals surface area contributed by atoms with E-state index in [2.05, 4.69) is 21.1 Å². The smallest absolute Gasteiger partial charge is 0.238 e. The van der Waals surface area contributed by atoms with Crippen LogP contribution in [0.4, 0.5) is 5.82 Å². The normalized spacial score (nSPS) is 16.1. The van der Waals surface area contributed by atoms with Gasteiger partial charge in [-0.05, 0) is 26.7 Å². The van der Waals surface area contributed by atoms with Gasteiger partial charge >= 0.3 is 0 Å². The van der Waals surface area contributed by atoms with Gasteiger partial charge in [-0.25, -0.2) is 0 Å². The van der Waals surface area contributed by atoms with Crippen LogP contribution in [0.25, 0.3) is 0 Å². The molecular weight excluding hydrogens is 388 g/mol. The standard InChI is InChI=1S/C18H30N4O3S.ClH/c1-13-11-16(22-25-13)21-18(24)14(2)26-12-17(23)20-10-9-19-15-7-5-3-4-6-8-15;/h11,14-15,19H,3-10,12H2,1-2H3,(H,20,23)(H,21,22,24);1H. The zero-order valence-corrected chi connectivity index (χ0v) is 17.7. The number of hydrogen-bond acceptors (Lipinski definition) is 6. The molecule has 1 atom stereocenters. The lowest BCUT2D eigenvalue weighted by Gasteiger charge is -2.16. The van der Waals surface area contributed by atoms with Gasteiger partial charge in [-0.1, -0.05) is 30.8 Å². The molecule has 1 aliphatic carbocycles. The van der Waals surface area contributed by atoms with Crippen LogP contribution in [-0.2, 0) is 9.59 Å². The second kappa shape index (κ2) is 13.0. The molecule has 2 amide bonds. The van der Waals surface area contributed by atoms with Crippen LogP contribution in [0, 0.1) is 6.92 Å². The number of aromatic nitrogens is 1. The quantitative estimate of drug-likeness (QED) is 0.421. The number of anilines is 1. The van der Waals surface area contributed by atoms with E-state index in [1.165, 1.54) is 50.3 Å². The number of aryl methyl sites for hydroxylation is 1. The summed E-state index contributed by atoms with van der Waals surface area (Å²) in [6.07, 6.45) is 7.76. The van der Waals surface area contributed by atoms with Gasteiger partial charge in [-0.15, -0.1) is 24.2 Å². The van der Waals surface area contributed by atoms with Crippen molar-refractivity contribution in [1.82, 2.24) is 15.8 Å². The molecule has 1 saturated carbocycles. The number of thioether (sulfide) groups is 1. The molecule has 0 spiro atoms. The molecule has 0 bridgehead atoms. The number of halogens is 1. The third-order valence-electron chi connectivity index (χ3n) is 4.45. The van der Waals surface area contributed by atoms with Gasteiger partial charge in [0.25, 0.3) is 0 Å². The summed E-state index contributed by atoms with van der Waals surface area (Å²) < 4.78 is 4.91. The summed E-state index contributed by atoms with van der Waals surface area (Å²) in [6.45, 7) is 4.95. The first-order chi connectivity index (χ1) is 12.5. The van der Waals surface area contributed by atoms with Crippen LogP contribution in [0.2, 0.25) is 0 Å². The van der Waals surface area contributed by atoms with Gasteiger partial charge in [-0.3, -0.25) is 9.59 Å². The first kappa shape index (κ1) is 23.8. The zero-order chi connectivity index (χ0) is 18.8. The summed E-state index contributed by atoms with van der Waals surface area (Å²) in [7, 11) is 0. The van der Waals surface area contributed by atoms with Gasteiger partial charge in [0.1, 0.15) is 5.76 Å². The first-order valence-corrected chi connectivity index (χ1v) is 10.5. The second-order valence-electron chi connectivity index (χ2n) is 6.76. The van der Waals surface area contributed by atoms with E-state index in [1.54, 1.807) is 19.9 Å². The minimum Gasteiger partial charge on any atom is -0.360 e. The number of rotatable bonds is 9. The summed E-state index contributed by atoms with van der Waals surface area (Å²) in [5.41, 5.74) is 0. The molecule has 154 valence electrons. The van der Waals surface area contributed by atoms with Crippen LogP contribution >= 0.6 is 24.2 Å². The highest BCUT2D eigenvalue weighted by molar-refractivity contribution is 8.01. The molecule has 1 fully saturated rings. The maximum absolute atomic E-state index is 12.0. The lowest BCUT2D eigenvalue weighted by molar-refractivity contribution is -0.118. The third-order valence-corrected chi connectivity index (χ3v) is 5.59. The average Bonchev–Trinajstić information content (AvgIpc) is 2.86. The summed E-state index contributed by atoms with van der Waals surface area (Å²) in [5, 5.41) is 12.5. The first-order valence-electron chi connectivity index (χ1n) is 9.40. The average molecular weight is 419 g/mol. The van der Waals surface area contributed by atoms with E-state index in [-0.39, 0.29) is 35.2 Å². The van der Waals surface area contributed by atoms with E-state index in [1.807, 2.05) is 0 Å². The number of amides is 2. The Hall–Kier alpha value is -1.25. The van der Waals surface area contributed by atoms with Crippen molar-refractivity contribution in [2.45, 2.75) is 63.7 Å². The number of nitrogens with one attached hydrogen (secondary N) is 3. The Kier molecular flexibility index (Phi) is 11.5. The molecule has 0 aliphatic heterocycles. The highest BCUT2D eigenvalue weighted by atomic mass is 35.5. The molecule has 0 radical (unpaired) electrons. The van der Waals surface area contributed by atoms with Gasteiger partial charge in [0.2, 0.25) is 11.8 Å². The maximum Gasteiger partial charge on any atom is 0.238 e. The van der Waals surface area contributed by atoms with Gasteiger partial charge < -0.3 is 20.5 Å². The number of hydrogen-bond donors (Lipinski definition) is 3. The van der Waals surface area contributed by atoms with E-state index >= 15 is 0 Å². The van der Waals surface area contributed by atoms with E-state index in [0.29, 0.717) is 24.2 Å². The van der Waals surface area contributed by atoms with E-state index in [9.17, 15) is 9.59 Å². The van der Waals surface area contributed by atoms with E-state index < -0.39 is 0 Å². The minimum absolute atomic E-state index is 0. The Bertz CT molecular complexity index is 577. The Morgan fingerprint density at radius 1 is 1.26 bits per heavy atom. The summed E-state index contributed by atoms with van der Waals surface area (Å²) in [5.74, 6) is 1.06. The van der Waals surface area contributed by atoms with Crippen molar-refractivity contribution in [3.8, 4) is 0 Å². The summed E-state index contributed by atoms with van der Waals surface area (Å²) >= 11 is 1.30. The molecule has 1 aromatic rings. The van der Waals surface area contributed by atoms with Crippen LogP contribution in [0.15, 0.2) is 10.6 Å². The molecule has 1 aliphatic rings. The lowest BCUT2D eigenvalue weighted by atomic mass is 10.1. The van der Waals surface area contributed by atoms with Crippen LogP contribution in [-0.4, -0.2) is 47.1 Å². The predicted octanol–water partition coefficient (Wildman–Crippen LogP) is 2.89. The van der Waals surface area contributed by atoms with Crippen molar-refractivity contribution in [3.05, 3.63) is 11.8 Å². The number of carbonyl (C=O) groups excluding carboxylic acids is 2. The molecule has 9 heteroatoms. The van der Waals surface area contributed by atoms with E-state index in [4.69, 9.17) is 4.52 Å². The van der Waals surface area contributed by atoms with Gasteiger partial charge in [0.15, 0.2) is 5.82 Å². The van der Waals surface area contributed by atoms with Crippen LogP contribution in [0.1, 0.15) is 51.2 Å². The maximum atomic E-state index is 12.0. The van der Waals surface area contributed by atoms with Crippen molar-refractivity contribution in [2.24, 2.45) is 0 Å². The SMILES string of the molecule is Cc1cc(NC(=O)C(C)SCC(=O)NCCNC2CCCCCC2)no1.Cl. The topological polar surface area (TPSA) is 96.3 Å². The number of carbonyl (C=O) groups is 2. The molecule has 0 saturated heterocycles. The van der Waals surface area contributed by atoms with Crippen molar-refractivity contribution < 1.29 is 14.1 Å². The van der Waals surface area contributed by atoms with Gasteiger partial charge in [0.05, 0.1) is 11.0 Å². The van der Waals surface area contributed by atoms with Crippen molar-refractivity contribution in [1.29, 1.82) is 0 Å². The summed E-state index contributed by atoms with van der Waals surface area (Å²) in [6, 6.07) is 2.25. The van der Waals surface area contributed by atoms with Crippen molar-refractivity contribution >= 4 is 41.8 Å². The summed E-state index contributed by atoms with van der Waals surface area (Å²) in [4.78, 5) is 24.0. The molecular formula is C18H31ClN4O3S. The predicted molar refractivity (Wildman–Crippen MR) is 112 cm³/mol. The van der Waals surface area contributed by atoms with Gasteiger partial charge in [-0.2, -0.15) is 0 Å². The van der Waals surface area contributed by atoms with Crippen LogP contribution in [0.5, 0.6) is 0 Å². The second-order valence-corrected chi connectivity index (χ2v) is 8.09.